The Balaban J connectivity index is 1.79. The van der Waals surface area contributed by atoms with Crippen LogP contribution in [0, 0.1) is 18.7 Å². The van der Waals surface area contributed by atoms with E-state index in [1.165, 1.54) is 25.0 Å². The van der Waals surface area contributed by atoms with E-state index in [9.17, 15) is 4.39 Å². The molecule has 1 heterocycles. The van der Waals surface area contributed by atoms with Gasteiger partial charge in [-0.3, -0.25) is 0 Å². The first-order valence-corrected chi connectivity index (χ1v) is 6.35. The average Bonchev–Trinajstić information content (AvgIpc) is 2.35. The molecule has 0 spiro atoms. The van der Waals surface area contributed by atoms with Gasteiger partial charge in [0.25, 0.3) is 0 Å². The molecule has 94 valence electrons. The normalized spacial score (nSPS) is 20.2. The van der Waals surface area contributed by atoms with Crippen molar-refractivity contribution in [3.63, 3.8) is 0 Å². The molecule has 3 heteroatoms. The van der Waals surface area contributed by atoms with Gasteiger partial charge in [0, 0.05) is 6.07 Å². The van der Waals surface area contributed by atoms with Gasteiger partial charge in [0.05, 0.1) is 6.61 Å². The highest BCUT2D eigenvalue weighted by Crippen LogP contribution is 2.20. The molecule has 1 atom stereocenters. The fourth-order valence-corrected chi connectivity index (χ4v) is 2.24. The van der Waals surface area contributed by atoms with Crippen LogP contribution in [0.25, 0.3) is 0 Å². The number of aryl methyl sites for hydroxylation is 1. The Morgan fingerprint density at radius 3 is 3.12 bits per heavy atom. The summed E-state index contributed by atoms with van der Waals surface area (Å²) in [4.78, 5) is 0. The molecule has 0 aliphatic carbocycles. The molecule has 1 N–H and O–H groups in total. The van der Waals surface area contributed by atoms with Crippen molar-refractivity contribution in [2.75, 3.05) is 19.7 Å². The van der Waals surface area contributed by atoms with Gasteiger partial charge in [-0.25, -0.2) is 4.39 Å². The highest BCUT2D eigenvalue weighted by Gasteiger charge is 2.12. The number of hydrogen-bond acceptors (Lipinski definition) is 2. The van der Waals surface area contributed by atoms with E-state index in [-0.39, 0.29) is 5.82 Å². The van der Waals surface area contributed by atoms with E-state index in [1.54, 1.807) is 6.07 Å². The van der Waals surface area contributed by atoms with E-state index < -0.39 is 0 Å². The van der Waals surface area contributed by atoms with Crippen LogP contribution < -0.4 is 10.1 Å². The molecule has 1 aromatic carbocycles. The largest absolute Gasteiger partial charge is 0.493 e. The Morgan fingerprint density at radius 1 is 1.47 bits per heavy atom. The van der Waals surface area contributed by atoms with Gasteiger partial charge in [0.1, 0.15) is 11.6 Å². The van der Waals surface area contributed by atoms with Crippen LogP contribution in [0.3, 0.4) is 0 Å². The molecule has 2 rings (SSSR count). The summed E-state index contributed by atoms with van der Waals surface area (Å²) < 4.78 is 18.7. The first-order chi connectivity index (χ1) is 8.25. The molecule has 1 aliphatic heterocycles. The molecule has 1 unspecified atom stereocenters. The molecule has 0 bridgehead atoms. The number of halogens is 1. The maximum atomic E-state index is 13.0. The Kier molecular flexibility index (Phi) is 4.37. The van der Waals surface area contributed by atoms with Gasteiger partial charge in [-0.2, -0.15) is 0 Å². The Labute approximate surface area is 102 Å². The second-order valence-electron chi connectivity index (χ2n) is 4.76. The lowest BCUT2D eigenvalue weighted by Gasteiger charge is -2.22. The maximum absolute atomic E-state index is 13.0. The van der Waals surface area contributed by atoms with Crippen molar-refractivity contribution < 1.29 is 9.13 Å². The lowest BCUT2D eigenvalue weighted by Crippen LogP contribution is -2.30. The number of rotatable bonds is 4. The first kappa shape index (κ1) is 12.4. The van der Waals surface area contributed by atoms with Crippen molar-refractivity contribution in [1.82, 2.24) is 5.32 Å². The predicted molar refractivity (Wildman–Crippen MR) is 66.8 cm³/mol. The molecule has 0 radical (unpaired) electrons. The third-order valence-corrected chi connectivity index (χ3v) is 3.33. The van der Waals surface area contributed by atoms with Gasteiger partial charge in [0.2, 0.25) is 0 Å². The third kappa shape index (κ3) is 3.70. The Bertz CT molecular complexity index is 361. The molecule has 0 aromatic heterocycles. The SMILES string of the molecule is Cc1ccc(F)cc1OCCC1CCCNC1. The molecule has 1 aliphatic rings. The van der Waals surface area contributed by atoms with Crippen molar-refractivity contribution in [2.45, 2.75) is 26.2 Å². The van der Waals surface area contributed by atoms with E-state index >= 15 is 0 Å². The Morgan fingerprint density at radius 2 is 2.35 bits per heavy atom. The summed E-state index contributed by atoms with van der Waals surface area (Å²) in [5.74, 6) is 1.15. The van der Waals surface area contributed by atoms with Crippen LogP contribution in [0.5, 0.6) is 5.75 Å². The fourth-order valence-electron chi connectivity index (χ4n) is 2.24. The van der Waals surface area contributed by atoms with Crippen LogP contribution in [0.2, 0.25) is 0 Å². The Hall–Kier alpha value is -1.09. The average molecular weight is 237 g/mol. The number of benzene rings is 1. The standard InChI is InChI=1S/C14H20FNO/c1-11-4-5-13(15)9-14(11)17-8-6-12-3-2-7-16-10-12/h4-5,9,12,16H,2-3,6-8,10H2,1H3. The summed E-state index contributed by atoms with van der Waals surface area (Å²) in [7, 11) is 0. The summed E-state index contributed by atoms with van der Waals surface area (Å²) in [5, 5.41) is 3.39. The second-order valence-corrected chi connectivity index (χ2v) is 4.76. The summed E-state index contributed by atoms with van der Waals surface area (Å²) in [6, 6.07) is 4.69. The van der Waals surface area contributed by atoms with E-state index in [0.717, 1.165) is 25.1 Å². The lowest BCUT2D eigenvalue weighted by atomic mass is 9.97. The topological polar surface area (TPSA) is 21.3 Å². The minimum atomic E-state index is -0.232. The molecule has 1 saturated heterocycles. The zero-order valence-corrected chi connectivity index (χ0v) is 10.3. The fraction of sp³-hybridized carbons (Fsp3) is 0.571. The highest BCUT2D eigenvalue weighted by atomic mass is 19.1. The quantitative estimate of drug-likeness (QED) is 0.869. The van der Waals surface area contributed by atoms with Crippen LogP contribution in [0.15, 0.2) is 18.2 Å². The summed E-state index contributed by atoms with van der Waals surface area (Å²) >= 11 is 0. The zero-order valence-electron chi connectivity index (χ0n) is 10.3. The molecular weight excluding hydrogens is 217 g/mol. The zero-order chi connectivity index (χ0) is 12.1. The number of piperidine rings is 1. The monoisotopic (exact) mass is 237 g/mol. The van der Waals surface area contributed by atoms with E-state index in [4.69, 9.17) is 4.74 Å². The van der Waals surface area contributed by atoms with Gasteiger partial charge < -0.3 is 10.1 Å². The molecular formula is C14H20FNO. The summed E-state index contributed by atoms with van der Waals surface area (Å²) in [5.41, 5.74) is 0.994. The molecule has 17 heavy (non-hydrogen) atoms. The summed E-state index contributed by atoms with van der Waals surface area (Å²) in [6.07, 6.45) is 3.57. The van der Waals surface area contributed by atoms with Crippen molar-refractivity contribution in [3.8, 4) is 5.75 Å². The molecule has 0 amide bonds. The smallest absolute Gasteiger partial charge is 0.126 e. The van der Waals surface area contributed by atoms with Gasteiger partial charge in [-0.1, -0.05) is 6.07 Å². The van der Waals surface area contributed by atoms with Crippen LogP contribution in [0.1, 0.15) is 24.8 Å². The lowest BCUT2D eigenvalue weighted by molar-refractivity contribution is 0.252. The highest BCUT2D eigenvalue weighted by molar-refractivity contribution is 5.32. The van der Waals surface area contributed by atoms with Crippen LogP contribution in [-0.4, -0.2) is 19.7 Å². The minimum Gasteiger partial charge on any atom is -0.493 e. The van der Waals surface area contributed by atoms with Gasteiger partial charge in [-0.15, -0.1) is 0 Å². The van der Waals surface area contributed by atoms with Crippen LogP contribution >= 0.6 is 0 Å². The van der Waals surface area contributed by atoms with E-state index in [2.05, 4.69) is 5.32 Å². The van der Waals surface area contributed by atoms with Crippen molar-refractivity contribution in [1.29, 1.82) is 0 Å². The molecule has 0 saturated carbocycles. The third-order valence-electron chi connectivity index (χ3n) is 3.33. The van der Waals surface area contributed by atoms with Crippen molar-refractivity contribution in [2.24, 2.45) is 5.92 Å². The van der Waals surface area contributed by atoms with Crippen molar-refractivity contribution in [3.05, 3.63) is 29.6 Å². The first-order valence-electron chi connectivity index (χ1n) is 6.35. The number of hydrogen-bond donors (Lipinski definition) is 1. The van der Waals surface area contributed by atoms with E-state index in [0.29, 0.717) is 18.3 Å². The number of nitrogens with one attached hydrogen (secondary N) is 1. The number of ether oxygens (including phenoxy) is 1. The maximum Gasteiger partial charge on any atom is 0.126 e. The van der Waals surface area contributed by atoms with Crippen molar-refractivity contribution >= 4 is 0 Å². The second kappa shape index (κ2) is 6.01. The molecule has 1 fully saturated rings. The van der Waals surface area contributed by atoms with Gasteiger partial charge in [-0.05, 0) is 56.8 Å². The van der Waals surface area contributed by atoms with Crippen LogP contribution in [-0.2, 0) is 0 Å². The molecule has 2 nitrogen and oxygen atoms in total. The van der Waals surface area contributed by atoms with E-state index in [1.807, 2.05) is 6.92 Å². The summed E-state index contributed by atoms with van der Waals surface area (Å²) in [6.45, 7) is 4.85. The van der Waals surface area contributed by atoms with Crippen LogP contribution in [0.4, 0.5) is 4.39 Å². The van der Waals surface area contributed by atoms with Gasteiger partial charge >= 0.3 is 0 Å². The predicted octanol–water partition coefficient (Wildman–Crippen LogP) is 2.90. The molecule has 1 aromatic rings. The minimum absolute atomic E-state index is 0.232. The van der Waals surface area contributed by atoms with Gasteiger partial charge in [0.15, 0.2) is 0 Å².